The van der Waals surface area contributed by atoms with Crippen LogP contribution < -0.4 is 4.90 Å². The van der Waals surface area contributed by atoms with E-state index in [1.807, 2.05) is 6.20 Å². The van der Waals surface area contributed by atoms with E-state index in [1.54, 1.807) is 14.2 Å². The second-order valence-electron chi connectivity index (χ2n) is 5.17. The largest absolute Gasteiger partial charge is 0.385 e. The van der Waals surface area contributed by atoms with E-state index in [2.05, 4.69) is 28.7 Å². The molecular formula is C15H26ClN3O2. The average molecular weight is 316 g/mol. The molecular weight excluding hydrogens is 290 g/mol. The maximum atomic E-state index is 6.08. The highest BCUT2D eigenvalue weighted by Crippen LogP contribution is 2.22. The molecule has 1 aromatic heterocycles. The SMILES string of the molecule is COCCCN(CCOC)c1cnc(C(C)C)nc1CCl. The summed E-state index contributed by atoms with van der Waals surface area (Å²) in [4.78, 5) is 11.3. The first-order chi connectivity index (χ1) is 10.1. The van der Waals surface area contributed by atoms with E-state index < -0.39 is 0 Å². The van der Waals surface area contributed by atoms with Crippen LogP contribution in [0.1, 0.15) is 37.7 Å². The summed E-state index contributed by atoms with van der Waals surface area (Å²) in [7, 11) is 3.42. The Kier molecular flexibility index (Phi) is 8.57. The number of halogens is 1. The van der Waals surface area contributed by atoms with Gasteiger partial charge >= 0.3 is 0 Å². The van der Waals surface area contributed by atoms with Crippen molar-refractivity contribution in [3.63, 3.8) is 0 Å². The van der Waals surface area contributed by atoms with Crippen LogP contribution in [0.15, 0.2) is 6.20 Å². The predicted molar refractivity (Wildman–Crippen MR) is 86.3 cm³/mol. The Hall–Kier alpha value is -0.910. The van der Waals surface area contributed by atoms with E-state index in [9.17, 15) is 0 Å². The molecule has 6 heteroatoms. The Balaban J connectivity index is 2.93. The molecule has 0 atom stereocenters. The van der Waals surface area contributed by atoms with Crippen LogP contribution in [0.25, 0.3) is 0 Å². The van der Waals surface area contributed by atoms with Gasteiger partial charge in [-0.05, 0) is 6.42 Å². The normalized spacial score (nSPS) is 11.1. The molecule has 0 aliphatic heterocycles. The van der Waals surface area contributed by atoms with E-state index in [1.165, 1.54) is 0 Å². The summed E-state index contributed by atoms with van der Waals surface area (Å²) in [6.07, 6.45) is 2.82. The van der Waals surface area contributed by atoms with Gasteiger partial charge in [-0.1, -0.05) is 13.8 Å². The minimum atomic E-state index is 0.293. The third-order valence-electron chi connectivity index (χ3n) is 3.19. The topological polar surface area (TPSA) is 47.5 Å². The highest BCUT2D eigenvalue weighted by atomic mass is 35.5. The first-order valence-electron chi connectivity index (χ1n) is 7.28. The van der Waals surface area contributed by atoms with Crippen molar-refractivity contribution in [2.75, 3.05) is 45.4 Å². The van der Waals surface area contributed by atoms with Gasteiger partial charge in [-0.3, -0.25) is 0 Å². The van der Waals surface area contributed by atoms with Crippen molar-refractivity contribution in [2.24, 2.45) is 0 Å². The number of nitrogens with zero attached hydrogens (tertiary/aromatic N) is 3. The van der Waals surface area contributed by atoms with Crippen molar-refractivity contribution in [3.8, 4) is 0 Å². The lowest BCUT2D eigenvalue weighted by Gasteiger charge is -2.26. The summed E-state index contributed by atoms with van der Waals surface area (Å²) in [6, 6.07) is 0. The minimum Gasteiger partial charge on any atom is -0.385 e. The summed E-state index contributed by atoms with van der Waals surface area (Å²) in [5, 5.41) is 0. The van der Waals surface area contributed by atoms with E-state index in [0.717, 1.165) is 43.3 Å². The van der Waals surface area contributed by atoms with Crippen LogP contribution in [0, 0.1) is 0 Å². The number of alkyl halides is 1. The lowest BCUT2D eigenvalue weighted by Crippen LogP contribution is -2.30. The fourth-order valence-electron chi connectivity index (χ4n) is 2.02. The number of hydrogen-bond donors (Lipinski definition) is 0. The summed E-state index contributed by atoms with van der Waals surface area (Å²) in [5.41, 5.74) is 1.87. The summed E-state index contributed by atoms with van der Waals surface area (Å²) < 4.78 is 10.3. The van der Waals surface area contributed by atoms with Crippen molar-refractivity contribution in [3.05, 3.63) is 17.7 Å². The van der Waals surface area contributed by atoms with Crippen LogP contribution in [0.3, 0.4) is 0 Å². The van der Waals surface area contributed by atoms with Crippen molar-refractivity contribution in [1.82, 2.24) is 9.97 Å². The smallest absolute Gasteiger partial charge is 0.131 e. The summed E-state index contributed by atoms with van der Waals surface area (Å²) >= 11 is 6.08. The van der Waals surface area contributed by atoms with Gasteiger partial charge in [0.1, 0.15) is 5.82 Å². The standard InChI is InChI=1S/C15H26ClN3O2/c1-12(2)15-17-11-14(13(10-16)18-15)19(7-9-21-4)6-5-8-20-3/h11-12H,5-10H2,1-4H3. The Morgan fingerprint density at radius 2 is 1.90 bits per heavy atom. The Morgan fingerprint density at radius 1 is 1.19 bits per heavy atom. The van der Waals surface area contributed by atoms with Gasteiger partial charge in [-0.25, -0.2) is 9.97 Å². The molecule has 0 bridgehead atoms. The monoisotopic (exact) mass is 315 g/mol. The van der Waals surface area contributed by atoms with Crippen LogP contribution in [-0.4, -0.2) is 50.5 Å². The number of hydrogen-bond acceptors (Lipinski definition) is 5. The number of ether oxygens (including phenoxy) is 2. The van der Waals surface area contributed by atoms with E-state index >= 15 is 0 Å². The number of anilines is 1. The molecule has 0 saturated heterocycles. The zero-order valence-corrected chi connectivity index (χ0v) is 14.2. The Morgan fingerprint density at radius 3 is 2.48 bits per heavy atom. The van der Waals surface area contributed by atoms with Crippen molar-refractivity contribution < 1.29 is 9.47 Å². The zero-order valence-electron chi connectivity index (χ0n) is 13.4. The molecule has 0 saturated carbocycles. The lowest BCUT2D eigenvalue weighted by atomic mass is 10.2. The van der Waals surface area contributed by atoms with Crippen LogP contribution >= 0.6 is 11.6 Å². The molecule has 0 aliphatic rings. The third kappa shape index (κ3) is 5.77. The highest BCUT2D eigenvalue weighted by molar-refractivity contribution is 6.17. The molecule has 0 aromatic carbocycles. The van der Waals surface area contributed by atoms with Crippen LogP contribution in [-0.2, 0) is 15.4 Å². The van der Waals surface area contributed by atoms with E-state index in [4.69, 9.17) is 21.1 Å². The molecule has 0 aliphatic carbocycles. The van der Waals surface area contributed by atoms with Gasteiger partial charge in [-0.15, -0.1) is 11.6 Å². The first-order valence-corrected chi connectivity index (χ1v) is 7.82. The maximum Gasteiger partial charge on any atom is 0.131 e. The molecule has 1 heterocycles. The second kappa shape index (κ2) is 9.92. The van der Waals surface area contributed by atoms with E-state index in [-0.39, 0.29) is 0 Å². The van der Waals surface area contributed by atoms with Crippen molar-refractivity contribution in [1.29, 1.82) is 0 Å². The van der Waals surface area contributed by atoms with Gasteiger partial charge in [0.05, 0.1) is 30.1 Å². The molecule has 0 radical (unpaired) electrons. The van der Waals surface area contributed by atoms with E-state index in [0.29, 0.717) is 18.4 Å². The second-order valence-corrected chi connectivity index (χ2v) is 5.44. The quantitative estimate of drug-likeness (QED) is 0.491. The van der Waals surface area contributed by atoms with Crippen LogP contribution in [0.5, 0.6) is 0 Å². The molecule has 1 aromatic rings. The van der Waals surface area contributed by atoms with Gasteiger partial charge in [0, 0.05) is 39.8 Å². The minimum absolute atomic E-state index is 0.293. The summed E-state index contributed by atoms with van der Waals surface area (Å²) in [5.74, 6) is 1.51. The highest BCUT2D eigenvalue weighted by Gasteiger charge is 2.15. The Bertz CT molecular complexity index is 416. The summed E-state index contributed by atoms with van der Waals surface area (Å²) in [6.45, 7) is 7.19. The fraction of sp³-hybridized carbons (Fsp3) is 0.733. The van der Waals surface area contributed by atoms with Crippen LogP contribution in [0.2, 0.25) is 0 Å². The van der Waals surface area contributed by atoms with Crippen LogP contribution in [0.4, 0.5) is 5.69 Å². The molecule has 0 fully saturated rings. The van der Waals surface area contributed by atoms with Crippen molar-refractivity contribution >= 4 is 17.3 Å². The van der Waals surface area contributed by atoms with Gasteiger partial charge in [0.25, 0.3) is 0 Å². The maximum absolute atomic E-state index is 6.08. The molecule has 0 spiro atoms. The van der Waals surface area contributed by atoms with Gasteiger partial charge in [0.15, 0.2) is 0 Å². The first kappa shape index (κ1) is 18.1. The number of methoxy groups -OCH3 is 2. The number of rotatable bonds is 10. The third-order valence-corrected chi connectivity index (χ3v) is 3.44. The van der Waals surface area contributed by atoms with Gasteiger partial charge in [0.2, 0.25) is 0 Å². The molecule has 21 heavy (non-hydrogen) atoms. The molecule has 5 nitrogen and oxygen atoms in total. The average Bonchev–Trinajstić information content (AvgIpc) is 2.50. The Labute approximate surface area is 132 Å². The molecule has 0 unspecified atom stereocenters. The predicted octanol–water partition coefficient (Wildman–Crippen LogP) is 2.83. The van der Waals surface area contributed by atoms with Gasteiger partial charge in [-0.2, -0.15) is 0 Å². The van der Waals surface area contributed by atoms with Gasteiger partial charge < -0.3 is 14.4 Å². The zero-order chi connectivity index (χ0) is 15.7. The lowest BCUT2D eigenvalue weighted by molar-refractivity contribution is 0.191. The molecule has 120 valence electrons. The van der Waals surface area contributed by atoms with Crippen molar-refractivity contribution in [2.45, 2.75) is 32.1 Å². The molecule has 1 rings (SSSR count). The molecule has 0 N–H and O–H groups in total. The number of aromatic nitrogens is 2. The molecule has 0 amide bonds. The fourth-order valence-corrected chi connectivity index (χ4v) is 2.22.